The molecule has 1 N–H and O–H groups in total. The average Bonchev–Trinajstić information content (AvgIpc) is 2.54. The number of carbonyl (C=O) groups is 1. The molecular formula is C19H23NO3S. The summed E-state index contributed by atoms with van der Waals surface area (Å²) >= 11 is 0. The van der Waals surface area contributed by atoms with Crippen LogP contribution in [0.5, 0.6) is 0 Å². The zero-order chi connectivity index (χ0) is 17.6. The Labute approximate surface area is 143 Å². The van der Waals surface area contributed by atoms with Crippen molar-refractivity contribution in [3.63, 3.8) is 0 Å². The van der Waals surface area contributed by atoms with Crippen molar-refractivity contribution in [1.82, 2.24) is 5.32 Å². The quantitative estimate of drug-likeness (QED) is 0.839. The van der Waals surface area contributed by atoms with E-state index >= 15 is 0 Å². The van der Waals surface area contributed by atoms with Crippen LogP contribution in [0.25, 0.3) is 0 Å². The second-order valence-corrected chi connectivity index (χ2v) is 7.96. The van der Waals surface area contributed by atoms with Crippen LogP contribution >= 0.6 is 0 Å². The van der Waals surface area contributed by atoms with E-state index in [1.165, 1.54) is 17.4 Å². The molecule has 0 bridgehead atoms. The molecule has 1 amide bonds. The van der Waals surface area contributed by atoms with E-state index < -0.39 is 9.84 Å². The van der Waals surface area contributed by atoms with Crippen LogP contribution in [0.3, 0.4) is 0 Å². The van der Waals surface area contributed by atoms with Gasteiger partial charge < -0.3 is 5.32 Å². The standard InChI is InChI=1S/C19H23NO3S/c1-15-5-3-4-6-17(15)9-12-19(21)20-14-13-16-7-10-18(11-8-16)24(2,22)23/h3-8,10-11H,9,12-14H2,1-2H3,(H,20,21). The highest BCUT2D eigenvalue weighted by Gasteiger charge is 2.07. The van der Waals surface area contributed by atoms with Gasteiger partial charge in [0, 0.05) is 19.2 Å². The van der Waals surface area contributed by atoms with Crippen molar-refractivity contribution >= 4 is 15.7 Å². The van der Waals surface area contributed by atoms with E-state index in [0.717, 1.165) is 12.0 Å². The van der Waals surface area contributed by atoms with Gasteiger partial charge in [0.2, 0.25) is 5.91 Å². The minimum atomic E-state index is -3.16. The molecule has 24 heavy (non-hydrogen) atoms. The normalized spacial score (nSPS) is 11.2. The molecule has 4 nitrogen and oxygen atoms in total. The van der Waals surface area contributed by atoms with Gasteiger partial charge in [0.15, 0.2) is 9.84 Å². The smallest absolute Gasteiger partial charge is 0.220 e. The van der Waals surface area contributed by atoms with Crippen LogP contribution in [0.4, 0.5) is 0 Å². The third-order valence-corrected chi connectivity index (χ3v) is 5.10. The first-order chi connectivity index (χ1) is 11.4. The molecule has 2 rings (SSSR count). The van der Waals surface area contributed by atoms with Crippen molar-refractivity contribution in [2.45, 2.75) is 31.1 Å². The van der Waals surface area contributed by atoms with Crippen molar-refractivity contribution in [3.05, 3.63) is 65.2 Å². The summed E-state index contributed by atoms with van der Waals surface area (Å²) in [4.78, 5) is 12.2. The molecule has 0 saturated carbocycles. The molecule has 0 radical (unpaired) electrons. The number of hydrogen-bond acceptors (Lipinski definition) is 3. The van der Waals surface area contributed by atoms with Crippen LogP contribution in [0, 0.1) is 6.92 Å². The minimum Gasteiger partial charge on any atom is -0.356 e. The Morgan fingerprint density at radius 2 is 1.67 bits per heavy atom. The summed E-state index contributed by atoms with van der Waals surface area (Å²) in [6, 6.07) is 14.9. The van der Waals surface area contributed by atoms with E-state index in [9.17, 15) is 13.2 Å². The molecule has 0 heterocycles. The molecule has 0 spiro atoms. The maximum absolute atomic E-state index is 11.9. The summed E-state index contributed by atoms with van der Waals surface area (Å²) in [6.07, 6.45) is 3.08. The molecule has 0 aliphatic carbocycles. The molecule has 0 saturated heterocycles. The van der Waals surface area contributed by atoms with E-state index in [1.807, 2.05) is 31.2 Å². The Bertz CT molecular complexity index is 796. The molecule has 0 atom stereocenters. The first-order valence-corrected chi connectivity index (χ1v) is 9.85. The number of rotatable bonds is 7. The predicted octanol–water partition coefficient (Wildman–Crippen LogP) is 2.69. The summed E-state index contributed by atoms with van der Waals surface area (Å²) in [5.74, 6) is 0.0333. The van der Waals surface area contributed by atoms with E-state index in [-0.39, 0.29) is 5.91 Å². The highest BCUT2D eigenvalue weighted by Crippen LogP contribution is 2.11. The lowest BCUT2D eigenvalue weighted by Gasteiger charge is -2.07. The molecule has 2 aromatic carbocycles. The van der Waals surface area contributed by atoms with Gasteiger partial charge in [-0.1, -0.05) is 36.4 Å². The fraction of sp³-hybridized carbons (Fsp3) is 0.316. The van der Waals surface area contributed by atoms with Crippen molar-refractivity contribution in [2.75, 3.05) is 12.8 Å². The maximum Gasteiger partial charge on any atom is 0.220 e. The Morgan fingerprint density at radius 1 is 1.00 bits per heavy atom. The van der Waals surface area contributed by atoms with Crippen molar-refractivity contribution in [3.8, 4) is 0 Å². The number of hydrogen-bond donors (Lipinski definition) is 1. The first kappa shape index (κ1) is 18.2. The van der Waals surface area contributed by atoms with Crippen LogP contribution in [0.15, 0.2) is 53.4 Å². The molecule has 5 heteroatoms. The van der Waals surface area contributed by atoms with E-state index in [4.69, 9.17) is 0 Å². The van der Waals surface area contributed by atoms with E-state index in [2.05, 4.69) is 5.32 Å². The number of nitrogens with one attached hydrogen (secondary N) is 1. The van der Waals surface area contributed by atoms with Crippen LogP contribution < -0.4 is 5.32 Å². The van der Waals surface area contributed by atoms with Crippen LogP contribution in [-0.4, -0.2) is 27.1 Å². The molecule has 0 aromatic heterocycles. The molecule has 0 fully saturated rings. The second-order valence-electron chi connectivity index (χ2n) is 5.94. The fourth-order valence-corrected chi connectivity index (χ4v) is 3.11. The summed E-state index contributed by atoms with van der Waals surface area (Å²) in [7, 11) is -3.16. The second kappa shape index (κ2) is 8.11. The Balaban J connectivity index is 1.75. The van der Waals surface area contributed by atoms with Gasteiger partial charge in [-0.25, -0.2) is 8.42 Å². The lowest BCUT2D eigenvalue weighted by atomic mass is 10.0. The van der Waals surface area contributed by atoms with Crippen LogP contribution in [-0.2, 0) is 27.5 Å². The fourth-order valence-electron chi connectivity index (χ4n) is 2.48. The maximum atomic E-state index is 11.9. The topological polar surface area (TPSA) is 63.2 Å². The van der Waals surface area contributed by atoms with Gasteiger partial charge in [-0.3, -0.25) is 4.79 Å². The number of aryl methyl sites for hydroxylation is 2. The Kier molecular flexibility index (Phi) is 6.15. The van der Waals surface area contributed by atoms with Gasteiger partial charge in [-0.05, 0) is 48.6 Å². The first-order valence-electron chi connectivity index (χ1n) is 7.96. The average molecular weight is 345 g/mol. The third-order valence-electron chi connectivity index (χ3n) is 3.97. The number of amides is 1. The lowest BCUT2D eigenvalue weighted by molar-refractivity contribution is -0.121. The Morgan fingerprint density at radius 3 is 2.29 bits per heavy atom. The highest BCUT2D eigenvalue weighted by molar-refractivity contribution is 7.90. The molecule has 128 valence electrons. The Hall–Kier alpha value is -2.14. The van der Waals surface area contributed by atoms with Gasteiger partial charge in [-0.2, -0.15) is 0 Å². The zero-order valence-electron chi connectivity index (χ0n) is 14.1. The number of benzene rings is 2. The molecule has 2 aromatic rings. The van der Waals surface area contributed by atoms with Gasteiger partial charge in [-0.15, -0.1) is 0 Å². The van der Waals surface area contributed by atoms with E-state index in [1.54, 1.807) is 24.3 Å². The predicted molar refractivity (Wildman–Crippen MR) is 95.8 cm³/mol. The minimum absolute atomic E-state index is 0.0333. The summed E-state index contributed by atoms with van der Waals surface area (Å²) < 4.78 is 22.8. The summed E-state index contributed by atoms with van der Waals surface area (Å²) in [5.41, 5.74) is 3.40. The highest BCUT2D eigenvalue weighted by atomic mass is 32.2. The third kappa shape index (κ3) is 5.49. The van der Waals surface area contributed by atoms with Gasteiger partial charge in [0.05, 0.1) is 4.90 Å². The van der Waals surface area contributed by atoms with Crippen molar-refractivity contribution in [1.29, 1.82) is 0 Å². The zero-order valence-corrected chi connectivity index (χ0v) is 14.9. The van der Waals surface area contributed by atoms with E-state index in [0.29, 0.717) is 24.3 Å². The summed E-state index contributed by atoms with van der Waals surface area (Å²) in [6.45, 7) is 2.60. The van der Waals surface area contributed by atoms with Gasteiger partial charge >= 0.3 is 0 Å². The van der Waals surface area contributed by atoms with Crippen molar-refractivity contribution in [2.24, 2.45) is 0 Å². The number of sulfone groups is 1. The largest absolute Gasteiger partial charge is 0.356 e. The van der Waals surface area contributed by atoms with Crippen molar-refractivity contribution < 1.29 is 13.2 Å². The number of carbonyl (C=O) groups excluding carboxylic acids is 1. The molecule has 0 unspecified atom stereocenters. The molecule has 0 aliphatic rings. The molecular weight excluding hydrogens is 322 g/mol. The van der Waals surface area contributed by atoms with Crippen LogP contribution in [0.1, 0.15) is 23.1 Å². The van der Waals surface area contributed by atoms with Gasteiger partial charge in [0.25, 0.3) is 0 Å². The monoisotopic (exact) mass is 345 g/mol. The SMILES string of the molecule is Cc1ccccc1CCC(=O)NCCc1ccc(S(C)(=O)=O)cc1. The molecule has 0 aliphatic heterocycles. The lowest BCUT2D eigenvalue weighted by Crippen LogP contribution is -2.25. The van der Waals surface area contributed by atoms with Crippen LogP contribution in [0.2, 0.25) is 0 Å². The van der Waals surface area contributed by atoms with Gasteiger partial charge in [0.1, 0.15) is 0 Å². The summed E-state index contributed by atoms with van der Waals surface area (Å²) in [5, 5.41) is 2.91.